The Bertz CT molecular complexity index is 1210. The lowest BCUT2D eigenvalue weighted by atomic mass is 9.98. The van der Waals surface area contributed by atoms with Crippen LogP contribution in [0.25, 0.3) is 11.1 Å². The molecule has 0 fully saturated rings. The van der Waals surface area contributed by atoms with Gasteiger partial charge in [0.15, 0.2) is 0 Å². The van der Waals surface area contributed by atoms with E-state index in [1.807, 2.05) is 43.3 Å². The summed E-state index contributed by atoms with van der Waals surface area (Å²) in [5.74, 6) is -1.77. The number of carboxylic acids is 1. The minimum absolute atomic E-state index is 0.0540. The summed E-state index contributed by atoms with van der Waals surface area (Å²) in [7, 11) is 1.53. The molecule has 9 nitrogen and oxygen atoms in total. The van der Waals surface area contributed by atoms with Crippen molar-refractivity contribution in [1.82, 2.24) is 15.1 Å². The van der Waals surface area contributed by atoms with E-state index >= 15 is 0 Å². The number of aromatic nitrogens is 2. The van der Waals surface area contributed by atoms with Crippen LogP contribution >= 0.6 is 0 Å². The summed E-state index contributed by atoms with van der Waals surface area (Å²) >= 11 is 0. The second-order valence-corrected chi connectivity index (χ2v) is 8.49. The van der Waals surface area contributed by atoms with Crippen molar-refractivity contribution in [2.24, 2.45) is 7.05 Å². The first-order valence-electron chi connectivity index (χ1n) is 11.6. The normalized spacial score (nSPS) is 13.0. The molecule has 0 unspecified atom stereocenters. The number of carboxylic acid groups (broad SMARTS) is 1. The van der Waals surface area contributed by atoms with Crippen molar-refractivity contribution in [1.29, 1.82) is 0 Å². The number of carbonyl (C=O) groups is 3. The first-order valence-corrected chi connectivity index (χ1v) is 11.6. The summed E-state index contributed by atoms with van der Waals surface area (Å²) in [4.78, 5) is 37.1. The maximum absolute atomic E-state index is 13.0. The number of unbranched alkanes of at least 4 members (excludes halogenated alkanes) is 1. The van der Waals surface area contributed by atoms with Crippen LogP contribution in [0.15, 0.2) is 54.7 Å². The molecular formula is C26H28N4O5. The molecule has 4 rings (SSSR count). The van der Waals surface area contributed by atoms with Crippen molar-refractivity contribution < 1.29 is 24.2 Å². The van der Waals surface area contributed by atoms with Crippen molar-refractivity contribution >= 4 is 23.8 Å². The van der Waals surface area contributed by atoms with E-state index in [4.69, 9.17) is 4.74 Å². The first-order chi connectivity index (χ1) is 16.9. The molecule has 0 aliphatic heterocycles. The summed E-state index contributed by atoms with van der Waals surface area (Å²) in [5, 5.41) is 18.5. The molecule has 0 bridgehead atoms. The third kappa shape index (κ3) is 5.03. The molecule has 1 atom stereocenters. The zero-order valence-corrected chi connectivity index (χ0v) is 19.7. The standard InChI is InChI=1S/C26H28N4O5/c1-3-4-13-22(24(31)29-23-20(25(32)33)14-27-30(23)2)28-26(34)35-15-21-18-11-7-5-9-16(18)17-10-6-8-12-19(17)21/h5-12,14,21-22H,3-4,13,15H2,1-2H3,(H,28,34)(H,29,31)(H,32,33)/t22-/m0/s1. The number of ether oxygens (including phenoxy) is 1. The number of aromatic carboxylic acids is 1. The number of aryl methyl sites for hydroxylation is 1. The van der Waals surface area contributed by atoms with Crippen LogP contribution in [-0.2, 0) is 16.6 Å². The molecule has 0 radical (unpaired) electrons. The summed E-state index contributed by atoms with van der Waals surface area (Å²) < 4.78 is 6.85. The first kappa shape index (κ1) is 24.0. The van der Waals surface area contributed by atoms with Gasteiger partial charge in [-0.3, -0.25) is 9.48 Å². The highest BCUT2D eigenvalue weighted by Gasteiger charge is 2.30. The van der Waals surface area contributed by atoms with Crippen molar-refractivity contribution in [3.8, 4) is 11.1 Å². The van der Waals surface area contributed by atoms with Gasteiger partial charge in [0.05, 0.1) is 6.20 Å². The topological polar surface area (TPSA) is 123 Å². The van der Waals surface area contributed by atoms with Crippen LogP contribution in [0.1, 0.15) is 53.6 Å². The number of rotatable bonds is 9. The number of nitrogens with zero attached hydrogens (tertiary/aromatic N) is 2. The Morgan fingerprint density at radius 1 is 1.09 bits per heavy atom. The Kier molecular flexibility index (Phi) is 7.14. The van der Waals surface area contributed by atoms with Gasteiger partial charge in [0, 0.05) is 13.0 Å². The van der Waals surface area contributed by atoms with E-state index in [2.05, 4.69) is 27.9 Å². The van der Waals surface area contributed by atoms with Gasteiger partial charge in [-0.15, -0.1) is 0 Å². The van der Waals surface area contributed by atoms with E-state index in [0.717, 1.165) is 34.9 Å². The highest BCUT2D eigenvalue weighted by atomic mass is 16.5. The van der Waals surface area contributed by atoms with Gasteiger partial charge in [-0.2, -0.15) is 5.10 Å². The Labute approximate surface area is 203 Å². The summed E-state index contributed by atoms with van der Waals surface area (Å²) in [6, 6.07) is 15.2. The van der Waals surface area contributed by atoms with E-state index in [1.165, 1.54) is 11.7 Å². The highest BCUT2D eigenvalue weighted by Crippen LogP contribution is 2.44. The Morgan fingerprint density at radius 2 is 1.71 bits per heavy atom. The predicted octanol–water partition coefficient (Wildman–Crippen LogP) is 4.15. The van der Waals surface area contributed by atoms with Gasteiger partial charge in [0.2, 0.25) is 5.91 Å². The number of benzene rings is 2. The molecule has 0 saturated carbocycles. The predicted molar refractivity (Wildman–Crippen MR) is 130 cm³/mol. The third-order valence-electron chi connectivity index (χ3n) is 6.21. The summed E-state index contributed by atoms with van der Waals surface area (Å²) in [5.41, 5.74) is 4.32. The van der Waals surface area contributed by atoms with Crippen LogP contribution in [0.2, 0.25) is 0 Å². The zero-order chi connectivity index (χ0) is 24.9. The van der Waals surface area contributed by atoms with E-state index in [1.54, 1.807) is 0 Å². The molecule has 1 aromatic heterocycles. The molecule has 1 heterocycles. The zero-order valence-electron chi connectivity index (χ0n) is 19.7. The number of carbonyl (C=O) groups excluding carboxylic acids is 2. The largest absolute Gasteiger partial charge is 0.477 e. The van der Waals surface area contributed by atoms with Gasteiger partial charge >= 0.3 is 12.1 Å². The Morgan fingerprint density at radius 3 is 2.31 bits per heavy atom. The number of amides is 2. The van der Waals surface area contributed by atoms with Crippen LogP contribution < -0.4 is 10.6 Å². The molecule has 9 heteroatoms. The van der Waals surface area contributed by atoms with Crippen molar-refractivity contribution in [3.63, 3.8) is 0 Å². The van der Waals surface area contributed by atoms with Crippen LogP contribution in [-0.4, -0.2) is 45.5 Å². The molecule has 1 aliphatic carbocycles. The lowest BCUT2D eigenvalue weighted by Crippen LogP contribution is -2.44. The molecule has 2 amide bonds. The van der Waals surface area contributed by atoms with E-state index in [-0.39, 0.29) is 23.9 Å². The molecule has 2 aromatic carbocycles. The summed E-state index contributed by atoms with van der Waals surface area (Å²) in [6.45, 7) is 2.11. The molecule has 0 saturated heterocycles. The van der Waals surface area contributed by atoms with E-state index < -0.39 is 24.0 Å². The second-order valence-electron chi connectivity index (χ2n) is 8.49. The highest BCUT2D eigenvalue weighted by molar-refractivity contribution is 6.01. The van der Waals surface area contributed by atoms with Gasteiger partial charge in [0.25, 0.3) is 0 Å². The molecular weight excluding hydrogens is 448 g/mol. The fourth-order valence-corrected chi connectivity index (χ4v) is 4.41. The number of nitrogens with one attached hydrogen (secondary N) is 2. The Balaban J connectivity index is 1.44. The van der Waals surface area contributed by atoms with Crippen LogP contribution in [0.4, 0.5) is 10.6 Å². The minimum atomic E-state index is -1.21. The van der Waals surface area contributed by atoms with Gasteiger partial charge in [-0.05, 0) is 28.7 Å². The maximum atomic E-state index is 13.0. The van der Waals surface area contributed by atoms with Gasteiger partial charge in [0.1, 0.15) is 24.0 Å². The fraction of sp³-hybridized carbons (Fsp3) is 0.308. The van der Waals surface area contributed by atoms with E-state index in [0.29, 0.717) is 12.8 Å². The molecule has 182 valence electrons. The molecule has 35 heavy (non-hydrogen) atoms. The van der Waals surface area contributed by atoms with E-state index in [9.17, 15) is 19.5 Å². The van der Waals surface area contributed by atoms with Crippen molar-refractivity contribution in [2.75, 3.05) is 11.9 Å². The van der Waals surface area contributed by atoms with Crippen molar-refractivity contribution in [3.05, 3.63) is 71.4 Å². The quantitative estimate of drug-likeness (QED) is 0.426. The average Bonchev–Trinajstić information content (AvgIpc) is 3.38. The molecule has 3 aromatic rings. The second kappa shape index (κ2) is 10.4. The smallest absolute Gasteiger partial charge is 0.407 e. The SMILES string of the molecule is CCCC[C@H](NC(=O)OCC1c2ccccc2-c2ccccc21)C(=O)Nc1c(C(=O)O)cnn1C. The lowest BCUT2D eigenvalue weighted by molar-refractivity contribution is -0.118. The molecule has 3 N–H and O–H groups in total. The van der Waals surface area contributed by atoms with Crippen LogP contribution in [0.3, 0.4) is 0 Å². The minimum Gasteiger partial charge on any atom is -0.477 e. The number of hydrogen-bond donors (Lipinski definition) is 3. The lowest BCUT2D eigenvalue weighted by Gasteiger charge is -2.20. The fourth-order valence-electron chi connectivity index (χ4n) is 4.41. The molecule has 1 aliphatic rings. The Hall–Kier alpha value is -4.14. The van der Waals surface area contributed by atoms with Crippen LogP contribution in [0, 0.1) is 0 Å². The number of fused-ring (bicyclic) bond motifs is 3. The monoisotopic (exact) mass is 476 g/mol. The average molecular weight is 477 g/mol. The van der Waals surface area contributed by atoms with Gasteiger partial charge in [-0.1, -0.05) is 68.3 Å². The molecule has 0 spiro atoms. The van der Waals surface area contributed by atoms with Crippen LogP contribution in [0.5, 0.6) is 0 Å². The summed E-state index contributed by atoms with van der Waals surface area (Å²) in [6.07, 6.45) is 2.36. The van der Waals surface area contributed by atoms with Crippen molar-refractivity contribution in [2.45, 2.75) is 38.1 Å². The van der Waals surface area contributed by atoms with Gasteiger partial charge < -0.3 is 20.5 Å². The third-order valence-corrected chi connectivity index (χ3v) is 6.21. The van der Waals surface area contributed by atoms with Gasteiger partial charge in [-0.25, -0.2) is 9.59 Å². The maximum Gasteiger partial charge on any atom is 0.407 e. The number of anilines is 1. The number of alkyl carbamates (subject to hydrolysis) is 1. The number of hydrogen-bond acceptors (Lipinski definition) is 5.